The molecule has 13 heteroatoms. The summed E-state index contributed by atoms with van der Waals surface area (Å²) in [7, 11) is -4.03. The molecule has 3 aromatic rings. The van der Waals surface area contributed by atoms with Crippen molar-refractivity contribution in [3.05, 3.63) is 63.5 Å². The van der Waals surface area contributed by atoms with Gasteiger partial charge in [0.05, 0.1) is 22.0 Å². The van der Waals surface area contributed by atoms with Crippen molar-refractivity contribution in [1.29, 1.82) is 0 Å². The maximum Gasteiger partial charge on any atom is 0.262 e. The van der Waals surface area contributed by atoms with Gasteiger partial charge in [-0.1, -0.05) is 62.2 Å². The molecule has 0 radical (unpaired) electrons. The van der Waals surface area contributed by atoms with E-state index in [2.05, 4.69) is 5.32 Å². The van der Waals surface area contributed by atoms with Gasteiger partial charge in [-0.15, -0.1) is 11.3 Å². The molecule has 0 aliphatic carbocycles. The number of amides is 3. The molecule has 9 nitrogen and oxygen atoms in total. The lowest BCUT2D eigenvalue weighted by atomic mass is 9.85. The molecule has 2 aromatic carbocycles. The second kappa shape index (κ2) is 11.6. The minimum absolute atomic E-state index is 0.0119. The molecule has 1 unspecified atom stereocenters. The molecule has 3 saturated heterocycles. The Morgan fingerprint density at radius 1 is 1.00 bits per heavy atom. The van der Waals surface area contributed by atoms with Gasteiger partial charge in [0, 0.05) is 29.4 Å². The van der Waals surface area contributed by atoms with Crippen LogP contribution in [0.15, 0.2) is 53.4 Å². The number of likely N-dealkylation sites (tertiary alicyclic amines) is 2. The number of fused-ring (bicyclic) bond motifs is 3. The molecule has 3 aliphatic heterocycles. The molecule has 1 N–H and O–H groups in total. The van der Waals surface area contributed by atoms with E-state index in [1.165, 1.54) is 33.8 Å². The van der Waals surface area contributed by atoms with Crippen LogP contribution >= 0.6 is 34.5 Å². The highest BCUT2D eigenvalue weighted by molar-refractivity contribution is 7.89. The Hall–Kier alpha value is -2.70. The molecule has 0 spiro atoms. The molecule has 4 atom stereocenters. The van der Waals surface area contributed by atoms with E-state index in [1.807, 2.05) is 51.1 Å². The fourth-order valence-electron chi connectivity index (χ4n) is 6.59. The monoisotopic (exact) mass is 676 g/mol. The number of hydrogen-bond donors (Lipinski definition) is 1. The minimum Gasteiger partial charge on any atom is -0.339 e. The molecule has 3 aliphatic rings. The Bertz CT molecular complexity index is 1720. The van der Waals surface area contributed by atoms with Gasteiger partial charge < -0.3 is 15.1 Å². The van der Waals surface area contributed by atoms with E-state index < -0.39 is 27.5 Å². The van der Waals surface area contributed by atoms with Crippen LogP contribution in [0.25, 0.3) is 10.1 Å². The van der Waals surface area contributed by atoms with Crippen LogP contribution in [0.4, 0.5) is 0 Å². The van der Waals surface area contributed by atoms with E-state index in [9.17, 15) is 22.8 Å². The molecule has 4 heterocycles. The van der Waals surface area contributed by atoms with Crippen molar-refractivity contribution in [2.45, 2.75) is 69.1 Å². The highest BCUT2D eigenvalue weighted by Crippen LogP contribution is 2.37. The number of thiophene rings is 1. The summed E-state index contributed by atoms with van der Waals surface area (Å²) >= 11 is 13.6. The first kappa shape index (κ1) is 31.3. The van der Waals surface area contributed by atoms with Crippen molar-refractivity contribution in [3.8, 4) is 0 Å². The first-order chi connectivity index (χ1) is 20.8. The third kappa shape index (κ3) is 5.62. The summed E-state index contributed by atoms with van der Waals surface area (Å²) < 4.78 is 29.3. The van der Waals surface area contributed by atoms with Crippen molar-refractivity contribution in [2.75, 3.05) is 19.6 Å². The SMILES string of the molecule is CC(C)(C)C(NC(=O)c1cc2ccccc2s1)C(=O)N1C[C@@H]2C[C@H]1CN2C(=O)[C@H]1CCCN1S(=O)(=O)c1ccc(Cl)cc1Cl. The van der Waals surface area contributed by atoms with Crippen molar-refractivity contribution in [1.82, 2.24) is 19.4 Å². The number of nitrogens with zero attached hydrogens (tertiary/aromatic N) is 3. The van der Waals surface area contributed by atoms with E-state index in [4.69, 9.17) is 23.2 Å². The van der Waals surface area contributed by atoms with Crippen molar-refractivity contribution >= 4 is 72.4 Å². The van der Waals surface area contributed by atoms with Gasteiger partial charge in [0.15, 0.2) is 0 Å². The second-order valence-electron chi connectivity index (χ2n) is 12.8. The van der Waals surface area contributed by atoms with E-state index in [0.717, 1.165) is 10.1 Å². The van der Waals surface area contributed by atoms with Gasteiger partial charge in [0.25, 0.3) is 5.91 Å². The first-order valence-corrected chi connectivity index (χ1v) is 17.6. The quantitative estimate of drug-likeness (QED) is 0.395. The van der Waals surface area contributed by atoms with E-state index in [-0.39, 0.29) is 46.3 Å². The average molecular weight is 678 g/mol. The molecule has 6 rings (SSSR count). The number of benzene rings is 2. The number of nitrogens with one attached hydrogen (secondary N) is 1. The lowest BCUT2D eigenvalue weighted by molar-refractivity contribution is -0.144. The van der Waals surface area contributed by atoms with Crippen molar-refractivity contribution in [2.24, 2.45) is 5.41 Å². The smallest absolute Gasteiger partial charge is 0.262 e. The Morgan fingerprint density at radius 3 is 2.36 bits per heavy atom. The van der Waals surface area contributed by atoms with E-state index in [1.54, 1.807) is 9.80 Å². The number of sulfonamides is 1. The van der Waals surface area contributed by atoms with Crippen LogP contribution in [0.5, 0.6) is 0 Å². The third-order valence-electron chi connectivity index (χ3n) is 8.81. The summed E-state index contributed by atoms with van der Waals surface area (Å²) in [5, 5.41) is 4.32. The summed E-state index contributed by atoms with van der Waals surface area (Å²) in [5.74, 6) is -0.709. The molecule has 234 valence electrons. The molecule has 1 aromatic heterocycles. The Morgan fingerprint density at radius 2 is 1.70 bits per heavy atom. The highest BCUT2D eigenvalue weighted by atomic mass is 35.5. The molecule has 2 bridgehead atoms. The fraction of sp³-hybridized carbons (Fsp3) is 0.452. The van der Waals surface area contributed by atoms with Crippen LogP contribution < -0.4 is 5.32 Å². The lowest BCUT2D eigenvalue weighted by Crippen LogP contribution is -2.60. The predicted molar refractivity (Wildman–Crippen MR) is 172 cm³/mol. The van der Waals surface area contributed by atoms with E-state index >= 15 is 0 Å². The molecule has 0 saturated carbocycles. The molecule has 44 heavy (non-hydrogen) atoms. The summed E-state index contributed by atoms with van der Waals surface area (Å²) in [5.41, 5.74) is -0.553. The Balaban J connectivity index is 1.15. The summed E-state index contributed by atoms with van der Waals surface area (Å²) in [6, 6.07) is 11.8. The van der Waals surface area contributed by atoms with Gasteiger partial charge in [-0.25, -0.2) is 8.42 Å². The normalized spacial score (nSPS) is 23.0. The van der Waals surface area contributed by atoms with Gasteiger partial charge in [0.2, 0.25) is 21.8 Å². The second-order valence-corrected chi connectivity index (χ2v) is 16.6. The maximum atomic E-state index is 14.0. The van der Waals surface area contributed by atoms with Crippen LogP contribution in [-0.2, 0) is 19.6 Å². The van der Waals surface area contributed by atoms with E-state index in [0.29, 0.717) is 42.3 Å². The fourth-order valence-corrected chi connectivity index (χ4v) is 9.96. The van der Waals surface area contributed by atoms with Crippen LogP contribution in [0.3, 0.4) is 0 Å². The minimum atomic E-state index is -4.03. The summed E-state index contributed by atoms with van der Waals surface area (Å²) in [4.78, 5) is 45.1. The van der Waals surface area contributed by atoms with Gasteiger partial charge >= 0.3 is 0 Å². The maximum absolute atomic E-state index is 14.0. The largest absolute Gasteiger partial charge is 0.339 e. The number of halogens is 2. The predicted octanol–water partition coefficient (Wildman–Crippen LogP) is 5.02. The standard InChI is InChI=1S/C31H34Cl2N4O5S2/c1-31(2,3)27(34-28(38)25-13-18-7-4-5-9-24(18)43-25)30(40)36-17-20-15-21(36)16-35(20)29(39)23-8-6-12-37(23)44(41,42)26-11-10-19(32)14-22(26)33/h4-5,7,9-11,13-14,20-21,23,27H,6,8,12,15-17H2,1-3H3,(H,34,38)/t20-,21-,23+,27?/m0/s1. The Kier molecular flexibility index (Phi) is 8.24. The third-order valence-corrected chi connectivity index (χ3v) is 12.6. The summed E-state index contributed by atoms with van der Waals surface area (Å²) in [6.45, 7) is 6.65. The number of rotatable bonds is 6. The van der Waals surface area contributed by atoms with Crippen LogP contribution in [0, 0.1) is 5.41 Å². The van der Waals surface area contributed by atoms with Gasteiger partial charge in [0.1, 0.15) is 17.0 Å². The van der Waals surface area contributed by atoms with Crippen molar-refractivity contribution < 1.29 is 22.8 Å². The number of carbonyl (C=O) groups is 3. The number of hydrogen-bond acceptors (Lipinski definition) is 6. The molecule has 3 amide bonds. The number of carbonyl (C=O) groups excluding carboxylic acids is 3. The molecular weight excluding hydrogens is 643 g/mol. The molecule has 3 fully saturated rings. The van der Waals surface area contributed by atoms with Gasteiger partial charge in [-0.3, -0.25) is 14.4 Å². The van der Waals surface area contributed by atoms with Crippen molar-refractivity contribution in [3.63, 3.8) is 0 Å². The zero-order chi connectivity index (χ0) is 31.6. The zero-order valence-corrected chi connectivity index (χ0v) is 27.8. The van der Waals surface area contributed by atoms with Crippen LogP contribution in [0.2, 0.25) is 10.0 Å². The van der Waals surface area contributed by atoms with Crippen LogP contribution in [-0.4, -0.2) is 84.0 Å². The highest BCUT2D eigenvalue weighted by Gasteiger charge is 2.52. The van der Waals surface area contributed by atoms with Gasteiger partial charge in [-0.05, 0) is 60.4 Å². The Labute approximate surface area is 271 Å². The van der Waals surface area contributed by atoms with Gasteiger partial charge in [-0.2, -0.15) is 4.31 Å². The topological polar surface area (TPSA) is 107 Å². The molecular formula is C31H34Cl2N4O5S2. The average Bonchev–Trinajstić information content (AvgIpc) is 3.77. The summed E-state index contributed by atoms with van der Waals surface area (Å²) in [6.07, 6.45) is 1.58. The zero-order valence-electron chi connectivity index (χ0n) is 24.6. The number of piperazine rings is 1. The lowest BCUT2D eigenvalue weighted by Gasteiger charge is -2.40. The van der Waals surface area contributed by atoms with Crippen LogP contribution in [0.1, 0.15) is 49.7 Å². The first-order valence-electron chi connectivity index (χ1n) is 14.6.